The highest BCUT2D eigenvalue weighted by Gasteiger charge is 2.46. The minimum atomic E-state index is -0.000179. The van der Waals surface area contributed by atoms with Crippen molar-refractivity contribution in [3.05, 3.63) is 18.1 Å². The standard InChI is InChI=1S/C20H31N5O2/c1-23-9-11-24(12-10-23)19(26)16-13-21-14-18(22-16)25-8-4-7-20(15-25)6-3-5-17(20)27-2/h13-14,17H,3-12,15H2,1-2H3/t17-,20+/m1/s1. The number of carbonyl (C=O) groups excluding carboxylic acids is 1. The van der Waals surface area contributed by atoms with Gasteiger partial charge in [0.15, 0.2) is 0 Å². The van der Waals surface area contributed by atoms with Crippen molar-refractivity contribution in [1.82, 2.24) is 19.8 Å². The summed E-state index contributed by atoms with van der Waals surface area (Å²) in [6.07, 6.45) is 9.71. The summed E-state index contributed by atoms with van der Waals surface area (Å²) < 4.78 is 5.81. The number of hydrogen-bond donors (Lipinski definition) is 0. The zero-order chi connectivity index (χ0) is 18.9. The van der Waals surface area contributed by atoms with Gasteiger partial charge < -0.3 is 19.4 Å². The highest BCUT2D eigenvalue weighted by molar-refractivity contribution is 5.92. The lowest BCUT2D eigenvalue weighted by Crippen LogP contribution is -2.48. The number of hydrogen-bond acceptors (Lipinski definition) is 6. The maximum Gasteiger partial charge on any atom is 0.274 e. The van der Waals surface area contributed by atoms with Crippen LogP contribution in [0.15, 0.2) is 12.4 Å². The van der Waals surface area contributed by atoms with Gasteiger partial charge in [0.2, 0.25) is 0 Å². The van der Waals surface area contributed by atoms with E-state index in [-0.39, 0.29) is 11.3 Å². The van der Waals surface area contributed by atoms with E-state index < -0.39 is 0 Å². The zero-order valence-electron chi connectivity index (χ0n) is 16.6. The van der Waals surface area contributed by atoms with Gasteiger partial charge in [-0.1, -0.05) is 6.42 Å². The first-order chi connectivity index (χ1) is 13.1. The summed E-state index contributed by atoms with van der Waals surface area (Å²) in [7, 11) is 3.93. The molecule has 0 unspecified atom stereocenters. The van der Waals surface area contributed by atoms with E-state index in [0.717, 1.165) is 57.9 Å². The van der Waals surface area contributed by atoms with Crippen molar-refractivity contribution in [2.75, 3.05) is 58.3 Å². The molecule has 4 rings (SSSR count). The molecule has 7 heteroatoms. The predicted molar refractivity (Wildman–Crippen MR) is 104 cm³/mol. The largest absolute Gasteiger partial charge is 0.381 e. The van der Waals surface area contributed by atoms with Crippen molar-refractivity contribution >= 4 is 11.7 Å². The summed E-state index contributed by atoms with van der Waals surface area (Å²) in [5.74, 6) is 0.829. The Bertz CT molecular complexity index is 676. The molecule has 1 aliphatic carbocycles. The first kappa shape index (κ1) is 18.6. The summed E-state index contributed by atoms with van der Waals surface area (Å²) in [5.41, 5.74) is 0.693. The van der Waals surface area contributed by atoms with Crippen molar-refractivity contribution in [1.29, 1.82) is 0 Å². The number of likely N-dealkylation sites (N-methyl/N-ethyl adjacent to an activating group) is 1. The number of piperazine rings is 1. The van der Waals surface area contributed by atoms with E-state index in [1.807, 2.05) is 12.0 Å². The summed E-state index contributed by atoms with van der Waals surface area (Å²) in [4.78, 5) is 28.4. The Kier molecular flexibility index (Phi) is 5.32. The molecule has 2 atom stereocenters. The fourth-order valence-electron chi connectivity index (χ4n) is 5.08. The molecule has 3 aliphatic rings. The van der Waals surface area contributed by atoms with Crippen molar-refractivity contribution in [2.45, 2.75) is 38.2 Å². The van der Waals surface area contributed by atoms with Crippen LogP contribution in [0, 0.1) is 5.41 Å². The molecule has 3 fully saturated rings. The Labute approximate surface area is 161 Å². The molecule has 1 aromatic heterocycles. The molecular weight excluding hydrogens is 342 g/mol. The van der Waals surface area contributed by atoms with Gasteiger partial charge in [-0.3, -0.25) is 9.78 Å². The lowest BCUT2D eigenvalue weighted by molar-refractivity contribution is 0.00214. The van der Waals surface area contributed by atoms with Crippen LogP contribution in [0.25, 0.3) is 0 Å². The van der Waals surface area contributed by atoms with E-state index in [4.69, 9.17) is 9.72 Å². The highest BCUT2D eigenvalue weighted by Crippen LogP contribution is 2.46. The molecule has 1 aromatic rings. The molecule has 3 heterocycles. The van der Waals surface area contributed by atoms with Crippen molar-refractivity contribution < 1.29 is 9.53 Å². The van der Waals surface area contributed by atoms with Gasteiger partial charge in [-0.15, -0.1) is 0 Å². The number of nitrogens with zero attached hydrogens (tertiary/aromatic N) is 5. The number of ether oxygens (including phenoxy) is 1. The van der Waals surface area contributed by atoms with Crippen molar-refractivity contribution in [3.63, 3.8) is 0 Å². The second-order valence-corrected chi connectivity index (χ2v) is 8.36. The maximum absolute atomic E-state index is 12.9. The average Bonchev–Trinajstić information content (AvgIpc) is 3.09. The number of methoxy groups -OCH3 is 1. The number of anilines is 1. The normalized spacial score (nSPS) is 29.5. The highest BCUT2D eigenvalue weighted by atomic mass is 16.5. The van der Waals surface area contributed by atoms with E-state index in [2.05, 4.69) is 21.8 Å². The summed E-state index contributed by atoms with van der Waals surface area (Å²) >= 11 is 0. The fourth-order valence-corrected chi connectivity index (χ4v) is 5.08. The van der Waals surface area contributed by atoms with E-state index in [9.17, 15) is 4.79 Å². The minimum Gasteiger partial charge on any atom is -0.381 e. The predicted octanol–water partition coefficient (Wildman–Crippen LogP) is 1.65. The van der Waals surface area contributed by atoms with E-state index in [0.29, 0.717) is 11.8 Å². The Hall–Kier alpha value is -1.73. The number of aromatic nitrogens is 2. The summed E-state index contributed by atoms with van der Waals surface area (Å²) in [6, 6.07) is 0. The maximum atomic E-state index is 12.9. The molecule has 27 heavy (non-hydrogen) atoms. The first-order valence-electron chi connectivity index (χ1n) is 10.2. The molecule has 7 nitrogen and oxygen atoms in total. The smallest absolute Gasteiger partial charge is 0.274 e. The third-order valence-electron chi connectivity index (χ3n) is 6.67. The van der Waals surface area contributed by atoms with Gasteiger partial charge in [0.05, 0.1) is 18.5 Å². The Morgan fingerprint density at radius 2 is 1.93 bits per heavy atom. The van der Waals surface area contributed by atoms with Gasteiger partial charge in [-0.2, -0.15) is 0 Å². The Morgan fingerprint density at radius 3 is 2.70 bits per heavy atom. The van der Waals surface area contributed by atoms with Crippen molar-refractivity contribution in [2.24, 2.45) is 5.41 Å². The quantitative estimate of drug-likeness (QED) is 0.803. The van der Waals surface area contributed by atoms with Crippen LogP contribution in [-0.4, -0.2) is 85.2 Å². The lowest BCUT2D eigenvalue weighted by Gasteiger charge is -2.44. The van der Waals surface area contributed by atoms with Crippen LogP contribution in [0.3, 0.4) is 0 Å². The second kappa shape index (κ2) is 7.72. The second-order valence-electron chi connectivity index (χ2n) is 8.36. The summed E-state index contributed by atoms with van der Waals surface area (Å²) in [6.45, 7) is 5.25. The van der Waals surface area contributed by atoms with Crippen LogP contribution >= 0.6 is 0 Å². The summed E-state index contributed by atoms with van der Waals surface area (Å²) in [5, 5.41) is 0. The molecule has 0 N–H and O–H groups in total. The third kappa shape index (κ3) is 3.67. The lowest BCUT2D eigenvalue weighted by atomic mass is 9.76. The van der Waals surface area contributed by atoms with Gasteiger partial charge in [0, 0.05) is 51.8 Å². The average molecular weight is 374 g/mol. The van der Waals surface area contributed by atoms with Crippen LogP contribution in [0.2, 0.25) is 0 Å². The molecule has 0 bridgehead atoms. The van der Waals surface area contributed by atoms with Gasteiger partial charge in [-0.25, -0.2) is 4.98 Å². The zero-order valence-corrected chi connectivity index (χ0v) is 16.6. The third-order valence-corrected chi connectivity index (χ3v) is 6.67. The van der Waals surface area contributed by atoms with Gasteiger partial charge in [0.25, 0.3) is 5.91 Å². The Morgan fingerprint density at radius 1 is 1.15 bits per heavy atom. The molecule has 0 aromatic carbocycles. The van der Waals surface area contributed by atoms with E-state index in [1.54, 1.807) is 12.4 Å². The van der Waals surface area contributed by atoms with Crippen LogP contribution < -0.4 is 4.90 Å². The molecule has 1 amide bonds. The minimum absolute atomic E-state index is 0.000179. The van der Waals surface area contributed by atoms with Crippen molar-refractivity contribution in [3.8, 4) is 0 Å². The molecule has 1 spiro atoms. The molecule has 2 aliphatic heterocycles. The van der Waals surface area contributed by atoms with Crippen LogP contribution in [-0.2, 0) is 4.74 Å². The Balaban J connectivity index is 1.49. The molecule has 148 valence electrons. The van der Waals surface area contributed by atoms with Crippen LogP contribution in [0.1, 0.15) is 42.6 Å². The molecule has 0 radical (unpaired) electrons. The molecular formula is C20H31N5O2. The molecule has 2 saturated heterocycles. The van der Waals surface area contributed by atoms with Crippen LogP contribution in [0.5, 0.6) is 0 Å². The van der Waals surface area contributed by atoms with E-state index in [1.165, 1.54) is 19.3 Å². The monoisotopic (exact) mass is 373 g/mol. The van der Waals surface area contributed by atoms with E-state index >= 15 is 0 Å². The molecule has 1 saturated carbocycles. The first-order valence-corrected chi connectivity index (χ1v) is 10.2. The van der Waals surface area contributed by atoms with Gasteiger partial charge in [0.1, 0.15) is 11.5 Å². The number of piperidine rings is 1. The number of rotatable bonds is 3. The van der Waals surface area contributed by atoms with Gasteiger partial charge in [-0.05, 0) is 32.7 Å². The van der Waals surface area contributed by atoms with Crippen LogP contribution in [0.4, 0.5) is 5.82 Å². The number of amides is 1. The fraction of sp³-hybridized carbons (Fsp3) is 0.750. The van der Waals surface area contributed by atoms with Gasteiger partial charge >= 0.3 is 0 Å². The SMILES string of the molecule is CO[C@@H]1CCC[C@@]12CCCN(c1cncc(C(=O)N3CCN(C)CC3)n1)C2. The number of carbonyl (C=O) groups is 1. The topological polar surface area (TPSA) is 61.8 Å².